The van der Waals surface area contributed by atoms with Crippen molar-refractivity contribution in [1.29, 1.82) is 0 Å². The molecule has 6 heteroatoms. The maximum Gasteiger partial charge on any atom is 0.243 e. The predicted molar refractivity (Wildman–Crippen MR) is 74.2 cm³/mol. The number of nitrogens with zero attached hydrogens (tertiary/aromatic N) is 1. The monoisotopic (exact) mass is 284 g/mol. The maximum absolute atomic E-state index is 12.5. The number of aliphatic hydroxyl groups is 1. The summed E-state index contributed by atoms with van der Waals surface area (Å²) in [6.45, 7) is 4.25. The van der Waals surface area contributed by atoms with Crippen LogP contribution in [-0.2, 0) is 10.0 Å². The van der Waals surface area contributed by atoms with Gasteiger partial charge in [-0.05, 0) is 44.4 Å². The Bertz CT molecular complexity index is 572. The average molecular weight is 284 g/mol. The summed E-state index contributed by atoms with van der Waals surface area (Å²) in [5, 5.41) is 9.87. The van der Waals surface area contributed by atoms with E-state index >= 15 is 0 Å². The largest absolute Gasteiger partial charge is 0.398 e. The number of hydrogen-bond acceptors (Lipinski definition) is 4. The zero-order chi connectivity index (χ0) is 14.3. The van der Waals surface area contributed by atoms with Gasteiger partial charge in [-0.15, -0.1) is 0 Å². The smallest absolute Gasteiger partial charge is 0.243 e. The molecule has 0 spiro atoms. The summed E-state index contributed by atoms with van der Waals surface area (Å²) in [6, 6.07) is 4.79. The summed E-state index contributed by atoms with van der Waals surface area (Å²) < 4.78 is 26.3. The molecule has 0 radical (unpaired) electrons. The van der Waals surface area contributed by atoms with Crippen LogP contribution in [0.15, 0.2) is 23.1 Å². The van der Waals surface area contributed by atoms with Crippen molar-refractivity contribution in [3.05, 3.63) is 23.8 Å². The van der Waals surface area contributed by atoms with Gasteiger partial charge in [-0.2, -0.15) is 4.31 Å². The van der Waals surface area contributed by atoms with Gasteiger partial charge in [0.2, 0.25) is 10.0 Å². The first kappa shape index (κ1) is 14.3. The third-order valence-corrected chi connectivity index (χ3v) is 5.58. The number of piperidine rings is 1. The number of aryl methyl sites for hydroxylation is 1. The number of nitrogens with two attached hydrogens (primary N) is 1. The van der Waals surface area contributed by atoms with Crippen molar-refractivity contribution in [1.82, 2.24) is 4.31 Å². The SMILES string of the molecule is Cc1ccc(S(=O)(=O)N2CCC(C)(O)CC2)cc1N. The fourth-order valence-electron chi connectivity index (χ4n) is 2.14. The van der Waals surface area contributed by atoms with Gasteiger partial charge in [0.05, 0.1) is 10.5 Å². The lowest BCUT2D eigenvalue weighted by atomic mass is 9.95. The molecule has 0 amide bonds. The minimum atomic E-state index is -3.51. The minimum absolute atomic E-state index is 0.220. The van der Waals surface area contributed by atoms with Crippen LogP contribution in [0, 0.1) is 6.92 Å². The van der Waals surface area contributed by atoms with Crippen LogP contribution in [0.2, 0.25) is 0 Å². The summed E-state index contributed by atoms with van der Waals surface area (Å²) >= 11 is 0. The Morgan fingerprint density at radius 2 is 1.89 bits per heavy atom. The van der Waals surface area contributed by atoms with Crippen molar-refractivity contribution < 1.29 is 13.5 Å². The van der Waals surface area contributed by atoms with Gasteiger partial charge in [-0.3, -0.25) is 0 Å². The Morgan fingerprint density at radius 1 is 1.32 bits per heavy atom. The zero-order valence-corrected chi connectivity index (χ0v) is 12.1. The molecule has 0 unspecified atom stereocenters. The van der Waals surface area contributed by atoms with Crippen molar-refractivity contribution in [2.24, 2.45) is 0 Å². The lowest BCUT2D eigenvalue weighted by Gasteiger charge is -2.35. The number of rotatable bonds is 2. The molecule has 5 nitrogen and oxygen atoms in total. The van der Waals surface area contributed by atoms with Gasteiger partial charge in [0.15, 0.2) is 0 Å². The lowest BCUT2D eigenvalue weighted by Crippen LogP contribution is -2.45. The quantitative estimate of drug-likeness (QED) is 0.797. The molecule has 0 bridgehead atoms. The third kappa shape index (κ3) is 2.91. The van der Waals surface area contributed by atoms with E-state index in [4.69, 9.17) is 5.73 Å². The minimum Gasteiger partial charge on any atom is -0.398 e. The molecule has 1 aliphatic rings. The van der Waals surface area contributed by atoms with Crippen molar-refractivity contribution in [2.45, 2.75) is 37.2 Å². The van der Waals surface area contributed by atoms with Gasteiger partial charge >= 0.3 is 0 Å². The molecule has 1 fully saturated rings. The van der Waals surface area contributed by atoms with Crippen LogP contribution in [0.25, 0.3) is 0 Å². The van der Waals surface area contributed by atoms with Crippen molar-refractivity contribution in [3.8, 4) is 0 Å². The highest BCUT2D eigenvalue weighted by molar-refractivity contribution is 7.89. The molecule has 0 aliphatic carbocycles. The summed E-state index contributed by atoms with van der Waals surface area (Å²) in [7, 11) is -3.51. The van der Waals surface area contributed by atoms with Crippen LogP contribution in [0.1, 0.15) is 25.3 Å². The molecular weight excluding hydrogens is 264 g/mol. The molecule has 19 heavy (non-hydrogen) atoms. The van der Waals surface area contributed by atoms with E-state index in [9.17, 15) is 13.5 Å². The number of hydrogen-bond donors (Lipinski definition) is 2. The molecule has 0 saturated carbocycles. The molecule has 3 N–H and O–H groups in total. The van der Waals surface area contributed by atoms with E-state index in [1.165, 1.54) is 10.4 Å². The zero-order valence-electron chi connectivity index (χ0n) is 11.3. The van der Waals surface area contributed by atoms with Gasteiger partial charge in [-0.1, -0.05) is 6.07 Å². The first-order valence-electron chi connectivity index (χ1n) is 6.31. The van der Waals surface area contributed by atoms with E-state index in [1.807, 2.05) is 6.92 Å². The van der Waals surface area contributed by atoms with Crippen LogP contribution in [0.4, 0.5) is 5.69 Å². The third-order valence-electron chi connectivity index (χ3n) is 3.69. The topological polar surface area (TPSA) is 83.6 Å². The first-order valence-corrected chi connectivity index (χ1v) is 7.75. The molecular formula is C13H20N2O3S. The second-order valence-electron chi connectivity index (χ2n) is 5.42. The van der Waals surface area contributed by atoms with Crippen LogP contribution in [0.3, 0.4) is 0 Å². The Balaban J connectivity index is 2.25. The summed E-state index contributed by atoms with van der Waals surface area (Å²) in [6.07, 6.45) is 0.904. The molecule has 1 saturated heterocycles. The Morgan fingerprint density at radius 3 is 2.42 bits per heavy atom. The van der Waals surface area contributed by atoms with Crippen molar-refractivity contribution in [3.63, 3.8) is 0 Å². The van der Waals surface area contributed by atoms with E-state index in [0.717, 1.165) is 5.56 Å². The van der Waals surface area contributed by atoms with Gasteiger partial charge in [0.25, 0.3) is 0 Å². The number of benzene rings is 1. The molecule has 106 valence electrons. The van der Waals surface area contributed by atoms with Crippen molar-refractivity contribution in [2.75, 3.05) is 18.8 Å². The van der Waals surface area contributed by atoms with Crippen LogP contribution < -0.4 is 5.73 Å². The molecule has 1 aliphatic heterocycles. The number of sulfonamides is 1. The number of anilines is 1. The second-order valence-corrected chi connectivity index (χ2v) is 7.36. The molecule has 0 aromatic heterocycles. The average Bonchev–Trinajstić information content (AvgIpc) is 2.32. The normalized spacial score (nSPS) is 20.4. The Hall–Kier alpha value is -1.11. The highest BCUT2D eigenvalue weighted by Gasteiger charge is 2.34. The van der Waals surface area contributed by atoms with E-state index in [-0.39, 0.29) is 4.90 Å². The highest BCUT2D eigenvalue weighted by atomic mass is 32.2. The summed E-state index contributed by atoms with van der Waals surface area (Å²) in [5.41, 5.74) is 6.34. The predicted octanol–water partition coefficient (Wildman–Crippen LogP) is 1.11. The van der Waals surface area contributed by atoms with Gasteiger partial charge < -0.3 is 10.8 Å². The van der Waals surface area contributed by atoms with Gasteiger partial charge in [-0.25, -0.2) is 8.42 Å². The molecule has 1 aromatic rings. The van der Waals surface area contributed by atoms with Gasteiger partial charge in [0.1, 0.15) is 0 Å². The highest BCUT2D eigenvalue weighted by Crippen LogP contribution is 2.27. The standard InChI is InChI=1S/C13H20N2O3S/c1-10-3-4-11(9-12(10)14)19(17,18)15-7-5-13(2,16)6-8-15/h3-4,9,16H,5-8,14H2,1-2H3. The van der Waals surface area contributed by atoms with Gasteiger partial charge in [0, 0.05) is 18.8 Å². The summed E-state index contributed by atoms with van der Waals surface area (Å²) in [4.78, 5) is 0.220. The first-order chi connectivity index (χ1) is 8.72. The Labute approximate surface area is 114 Å². The fraction of sp³-hybridized carbons (Fsp3) is 0.538. The van der Waals surface area contributed by atoms with E-state index in [0.29, 0.717) is 31.6 Å². The van der Waals surface area contributed by atoms with Crippen molar-refractivity contribution >= 4 is 15.7 Å². The van der Waals surface area contributed by atoms with Crippen LogP contribution in [0.5, 0.6) is 0 Å². The van der Waals surface area contributed by atoms with Crippen LogP contribution in [-0.4, -0.2) is 36.5 Å². The Kier molecular flexibility index (Phi) is 3.59. The van der Waals surface area contributed by atoms with E-state index in [1.54, 1.807) is 19.1 Å². The summed E-state index contributed by atoms with van der Waals surface area (Å²) in [5.74, 6) is 0. The second kappa shape index (κ2) is 4.77. The fourth-order valence-corrected chi connectivity index (χ4v) is 3.61. The molecule has 1 aromatic carbocycles. The van der Waals surface area contributed by atoms with E-state index < -0.39 is 15.6 Å². The van der Waals surface area contributed by atoms with Crippen LogP contribution >= 0.6 is 0 Å². The molecule has 2 rings (SSSR count). The van der Waals surface area contributed by atoms with E-state index in [2.05, 4.69) is 0 Å². The molecule has 0 atom stereocenters. The lowest BCUT2D eigenvalue weighted by molar-refractivity contribution is 0.0126. The number of nitrogen functional groups attached to an aromatic ring is 1. The molecule has 1 heterocycles. The maximum atomic E-state index is 12.5.